The minimum atomic E-state index is -0.462. The summed E-state index contributed by atoms with van der Waals surface area (Å²) in [6.45, 7) is 10.6. The van der Waals surface area contributed by atoms with E-state index in [1.807, 2.05) is 58.9 Å². The minimum Gasteiger partial charge on any atom is -0.489 e. The Balaban J connectivity index is 1.81. The fourth-order valence-electron chi connectivity index (χ4n) is 2.79. The lowest BCUT2D eigenvalue weighted by molar-refractivity contribution is 0.00578. The minimum absolute atomic E-state index is 0.397. The molecule has 0 radical (unpaired) electrons. The van der Waals surface area contributed by atoms with Crippen LogP contribution in [0.25, 0.3) is 0 Å². The molecule has 4 nitrogen and oxygen atoms in total. The van der Waals surface area contributed by atoms with E-state index in [0.29, 0.717) is 12.2 Å². The Morgan fingerprint density at radius 2 is 1.62 bits per heavy atom. The van der Waals surface area contributed by atoms with Gasteiger partial charge in [-0.05, 0) is 58.4 Å². The van der Waals surface area contributed by atoms with E-state index in [1.165, 1.54) is 0 Å². The normalized spacial score (nSPS) is 17.8. The van der Waals surface area contributed by atoms with Crippen LogP contribution in [0.15, 0.2) is 42.5 Å². The maximum atomic E-state index is 8.90. The first-order valence-electron chi connectivity index (χ1n) is 8.80. The molecule has 1 aliphatic heterocycles. The predicted octanol–water partition coefficient (Wildman–Crippen LogP) is 3.74. The summed E-state index contributed by atoms with van der Waals surface area (Å²) in [5.41, 5.74) is 2.88. The summed E-state index contributed by atoms with van der Waals surface area (Å²) in [6.07, 6.45) is 0. The van der Waals surface area contributed by atoms with Crippen molar-refractivity contribution in [2.75, 3.05) is 0 Å². The Kier molecular flexibility index (Phi) is 4.83. The highest BCUT2D eigenvalue weighted by molar-refractivity contribution is 6.63. The van der Waals surface area contributed by atoms with Crippen molar-refractivity contribution in [2.24, 2.45) is 0 Å². The van der Waals surface area contributed by atoms with Crippen LogP contribution in [0.3, 0.4) is 0 Å². The second-order valence-electron chi connectivity index (χ2n) is 7.73. The molecule has 0 aliphatic carbocycles. The number of ether oxygens (including phenoxy) is 1. The Bertz CT molecular complexity index is 821. The first kappa shape index (κ1) is 18.5. The Labute approximate surface area is 155 Å². The van der Waals surface area contributed by atoms with Gasteiger partial charge in [0.15, 0.2) is 0 Å². The highest BCUT2D eigenvalue weighted by atomic mass is 16.7. The summed E-state index contributed by atoms with van der Waals surface area (Å²) in [4.78, 5) is 0. The standard InChI is InChI=1S/C21H24BNO3/c1-15-6-11-19(24-14-17-9-7-16(13-23)8-10-17)18(12-15)22-25-20(2,3)21(4,5)26-22/h6-12H,14H2,1-5H3. The van der Waals surface area contributed by atoms with E-state index in [1.54, 1.807) is 12.1 Å². The molecule has 0 bridgehead atoms. The second kappa shape index (κ2) is 6.79. The number of hydrogen-bond donors (Lipinski definition) is 0. The van der Waals surface area contributed by atoms with Gasteiger partial charge in [0.2, 0.25) is 0 Å². The van der Waals surface area contributed by atoms with E-state index in [9.17, 15) is 0 Å². The third kappa shape index (κ3) is 3.62. The van der Waals surface area contributed by atoms with Gasteiger partial charge in [0.1, 0.15) is 12.4 Å². The molecule has 0 N–H and O–H groups in total. The van der Waals surface area contributed by atoms with Crippen LogP contribution in [0.5, 0.6) is 5.75 Å². The van der Waals surface area contributed by atoms with Crippen LogP contribution in [-0.2, 0) is 15.9 Å². The summed E-state index contributed by atoms with van der Waals surface area (Å²) in [5.74, 6) is 0.749. The van der Waals surface area contributed by atoms with Gasteiger partial charge in [-0.15, -0.1) is 0 Å². The van der Waals surface area contributed by atoms with Crippen molar-refractivity contribution in [3.05, 3.63) is 59.2 Å². The Hall–Kier alpha value is -2.29. The van der Waals surface area contributed by atoms with Crippen LogP contribution in [-0.4, -0.2) is 18.3 Å². The van der Waals surface area contributed by atoms with Crippen LogP contribution in [0, 0.1) is 18.3 Å². The summed E-state index contributed by atoms with van der Waals surface area (Å²) in [6, 6.07) is 15.5. The van der Waals surface area contributed by atoms with E-state index in [2.05, 4.69) is 12.1 Å². The molecule has 0 atom stereocenters. The van der Waals surface area contributed by atoms with Crippen LogP contribution >= 0.6 is 0 Å². The lowest BCUT2D eigenvalue weighted by atomic mass is 9.77. The zero-order valence-electron chi connectivity index (χ0n) is 16.0. The van der Waals surface area contributed by atoms with Gasteiger partial charge < -0.3 is 14.0 Å². The average Bonchev–Trinajstić information content (AvgIpc) is 2.82. The van der Waals surface area contributed by atoms with Crippen LogP contribution in [0.1, 0.15) is 44.4 Å². The van der Waals surface area contributed by atoms with E-state index in [-0.39, 0.29) is 0 Å². The molecule has 0 unspecified atom stereocenters. The van der Waals surface area contributed by atoms with E-state index < -0.39 is 18.3 Å². The maximum absolute atomic E-state index is 8.90. The highest BCUT2D eigenvalue weighted by Crippen LogP contribution is 2.37. The van der Waals surface area contributed by atoms with Gasteiger partial charge in [0, 0.05) is 5.46 Å². The molecule has 5 heteroatoms. The van der Waals surface area contributed by atoms with Crippen molar-refractivity contribution in [1.29, 1.82) is 5.26 Å². The monoisotopic (exact) mass is 349 g/mol. The van der Waals surface area contributed by atoms with Gasteiger partial charge in [-0.25, -0.2) is 0 Å². The number of aryl methyl sites for hydroxylation is 1. The molecule has 2 aromatic rings. The molecular formula is C21H24BNO3. The Morgan fingerprint density at radius 3 is 2.19 bits per heavy atom. The molecule has 1 fully saturated rings. The quantitative estimate of drug-likeness (QED) is 0.789. The number of hydrogen-bond acceptors (Lipinski definition) is 4. The van der Waals surface area contributed by atoms with Crippen molar-refractivity contribution in [3.8, 4) is 11.8 Å². The van der Waals surface area contributed by atoms with Gasteiger partial charge in [0.05, 0.1) is 22.8 Å². The molecule has 26 heavy (non-hydrogen) atoms. The van der Waals surface area contributed by atoms with Crippen LogP contribution < -0.4 is 10.2 Å². The van der Waals surface area contributed by atoms with Gasteiger partial charge in [-0.3, -0.25) is 0 Å². The molecule has 0 spiro atoms. The van der Waals surface area contributed by atoms with Crippen molar-refractivity contribution in [2.45, 2.75) is 52.4 Å². The van der Waals surface area contributed by atoms with Crippen molar-refractivity contribution < 1.29 is 14.0 Å². The molecule has 3 rings (SSSR count). The first-order chi connectivity index (χ1) is 12.2. The molecule has 0 saturated carbocycles. The predicted molar refractivity (Wildman–Crippen MR) is 102 cm³/mol. The number of nitriles is 1. The zero-order valence-corrected chi connectivity index (χ0v) is 16.0. The molecule has 134 valence electrons. The fraction of sp³-hybridized carbons (Fsp3) is 0.381. The van der Waals surface area contributed by atoms with Crippen molar-refractivity contribution >= 4 is 12.6 Å². The van der Waals surface area contributed by atoms with Crippen LogP contribution in [0.2, 0.25) is 0 Å². The summed E-state index contributed by atoms with van der Waals surface area (Å²) in [5, 5.41) is 8.90. The lowest BCUT2D eigenvalue weighted by Crippen LogP contribution is -2.41. The fourth-order valence-corrected chi connectivity index (χ4v) is 2.79. The number of nitrogens with zero attached hydrogens (tertiary/aromatic N) is 1. The number of benzene rings is 2. The lowest BCUT2D eigenvalue weighted by Gasteiger charge is -2.32. The second-order valence-corrected chi connectivity index (χ2v) is 7.73. The number of rotatable bonds is 4. The topological polar surface area (TPSA) is 51.5 Å². The summed E-state index contributed by atoms with van der Waals surface area (Å²) >= 11 is 0. The molecule has 0 amide bonds. The molecule has 1 aliphatic rings. The maximum Gasteiger partial charge on any atom is 0.498 e. The first-order valence-corrected chi connectivity index (χ1v) is 8.80. The SMILES string of the molecule is Cc1ccc(OCc2ccc(C#N)cc2)c(B2OC(C)(C)C(C)(C)O2)c1. The summed E-state index contributed by atoms with van der Waals surface area (Å²) < 4.78 is 18.4. The van der Waals surface area contributed by atoms with Gasteiger partial charge >= 0.3 is 7.12 Å². The van der Waals surface area contributed by atoms with Crippen LogP contribution in [0.4, 0.5) is 0 Å². The zero-order chi connectivity index (χ0) is 18.9. The molecule has 1 saturated heterocycles. The van der Waals surface area contributed by atoms with Crippen molar-refractivity contribution in [3.63, 3.8) is 0 Å². The van der Waals surface area contributed by atoms with Gasteiger partial charge in [-0.2, -0.15) is 5.26 Å². The van der Waals surface area contributed by atoms with Gasteiger partial charge in [0.25, 0.3) is 0 Å². The molecular weight excluding hydrogens is 325 g/mol. The average molecular weight is 349 g/mol. The third-order valence-electron chi connectivity index (χ3n) is 5.15. The molecule has 2 aromatic carbocycles. The highest BCUT2D eigenvalue weighted by Gasteiger charge is 2.52. The smallest absolute Gasteiger partial charge is 0.489 e. The Morgan fingerprint density at radius 1 is 1.00 bits per heavy atom. The largest absolute Gasteiger partial charge is 0.498 e. The van der Waals surface area contributed by atoms with E-state index >= 15 is 0 Å². The van der Waals surface area contributed by atoms with E-state index in [4.69, 9.17) is 19.3 Å². The molecule has 1 heterocycles. The van der Waals surface area contributed by atoms with Gasteiger partial charge in [-0.1, -0.05) is 29.8 Å². The third-order valence-corrected chi connectivity index (χ3v) is 5.15. The molecule has 0 aromatic heterocycles. The summed E-state index contributed by atoms with van der Waals surface area (Å²) in [7, 11) is -0.462. The van der Waals surface area contributed by atoms with Crippen molar-refractivity contribution in [1.82, 2.24) is 0 Å². The van der Waals surface area contributed by atoms with E-state index in [0.717, 1.165) is 22.3 Å².